The van der Waals surface area contributed by atoms with Gasteiger partial charge in [-0.15, -0.1) is 11.3 Å². The number of allylic oxidation sites excluding steroid dienone is 3. The van der Waals surface area contributed by atoms with Crippen molar-refractivity contribution in [2.45, 2.75) is 77.5 Å². The molecule has 0 saturated heterocycles. The minimum atomic E-state index is -0.425. The van der Waals surface area contributed by atoms with E-state index in [2.05, 4.69) is 15.9 Å². The first kappa shape index (κ1) is 25.5. The van der Waals surface area contributed by atoms with Gasteiger partial charge >= 0.3 is 11.9 Å². The van der Waals surface area contributed by atoms with E-state index >= 15 is 0 Å². The topological polar surface area (TPSA) is 91.5 Å². The number of hydrogen-bond donors (Lipinski definition) is 1. The predicted molar refractivity (Wildman–Crippen MR) is 127 cm³/mol. The second-order valence-corrected chi connectivity index (χ2v) is 10.3. The zero-order valence-corrected chi connectivity index (χ0v) is 20.9. The van der Waals surface area contributed by atoms with Crippen LogP contribution in [-0.4, -0.2) is 35.2 Å². The minimum Gasteiger partial charge on any atom is -0.462 e. The highest BCUT2D eigenvalue weighted by molar-refractivity contribution is 9.11. The molecule has 0 amide bonds. The van der Waals surface area contributed by atoms with Crippen LogP contribution in [0.25, 0.3) is 0 Å². The summed E-state index contributed by atoms with van der Waals surface area (Å²) in [5.74, 6) is -0.613. The molecule has 2 bridgehead atoms. The Balaban J connectivity index is 2.26. The lowest BCUT2D eigenvalue weighted by molar-refractivity contribution is -0.148. The molecule has 2 heterocycles. The molecule has 1 aromatic heterocycles. The fourth-order valence-electron chi connectivity index (χ4n) is 3.40. The van der Waals surface area contributed by atoms with Gasteiger partial charge in [0, 0.05) is 36.3 Å². The molecule has 2 rings (SSSR count). The summed E-state index contributed by atoms with van der Waals surface area (Å²) in [7, 11) is 0. The number of rotatable bonds is 1. The third-order valence-corrected chi connectivity index (χ3v) is 5.93. The lowest BCUT2D eigenvalue weighted by Gasteiger charge is -2.18. The average Bonchev–Trinajstić information content (AvgIpc) is 3.08. The molecule has 31 heavy (non-hydrogen) atoms. The van der Waals surface area contributed by atoms with E-state index in [0.29, 0.717) is 19.3 Å². The van der Waals surface area contributed by atoms with Crippen molar-refractivity contribution in [3.05, 3.63) is 50.4 Å². The van der Waals surface area contributed by atoms with Crippen LogP contribution < -0.4 is 5.73 Å². The van der Waals surface area contributed by atoms with E-state index in [1.165, 1.54) is 17.4 Å². The Labute approximate surface area is 196 Å². The molecule has 4 atom stereocenters. The number of nitrogens with two attached hydrogens (primary N) is 1. The Morgan fingerprint density at radius 1 is 1.26 bits per heavy atom. The van der Waals surface area contributed by atoms with Crippen LogP contribution in [-0.2, 0) is 25.5 Å². The molecule has 0 aromatic carbocycles. The van der Waals surface area contributed by atoms with E-state index in [1.807, 2.05) is 45.2 Å². The SMILES string of the molecule is CC(Br)=C[C@@H]1Cc2nc(cs2)[C@@H](C)C[C@@H](N)CC(=O)O[C@@H](C)CC(C)=CC=CC(=O)O1. The highest BCUT2D eigenvalue weighted by Crippen LogP contribution is 2.25. The summed E-state index contributed by atoms with van der Waals surface area (Å²) in [6, 6.07) is -0.297. The van der Waals surface area contributed by atoms with Crippen LogP contribution in [0.5, 0.6) is 0 Å². The lowest BCUT2D eigenvalue weighted by Crippen LogP contribution is -2.28. The molecule has 1 aromatic rings. The number of halogens is 1. The van der Waals surface area contributed by atoms with Crippen molar-refractivity contribution in [3.63, 3.8) is 0 Å². The van der Waals surface area contributed by atoms with Crippen LogP contribution in [0.4, 0.5) is 0 Å². The van der Waals surface area contributed by atoms with Gasteiger partial charge in [-0.05, 0) is 37.8 Å². The number of carbonyl (C=O) groups is 2. The standard InChI is InChI=1S/C23H31BrN2O4S/c1-14-6-5-7-22(27)30-19(10-16(3)24)12-21-26-20(13-31-21)15(2)9-18(25)11-23(28)29-17(4)8-14/h5-7,10,13,15,17-19H,8-9,11-12,25H2,1-4H3/t15-,17-,18+,19+/m0/s1. The summed E-state index contributed by atoms with van der Waals surface area (Å²) in [5.41, 5.74) is 8.13. The maximum absolute atomic E-state index is 12.3. The molecule has 0 radical (unpaired) electrons. The summed E-state index contributed by atoms with van der Waals surface area (Å²) in [6.45, 7) is 7.72. The van der Waals surface area contributed by atoms with Gasteiger partial charge in [-0.1, -0.05) is 40.6 Å². The van der Waals surface area contributed by atoms with Crippen molar-refractivity contribution in [2.75, 3.05) is 0 Å². The molecule has 1 aliphatic rings. The Kier molecular flexibility index (Phi) is 10.1. The summed E-state index contributed by atoms with van der Waals surface area (Å²) in [6.07, 6.45) is 7.91. The summed E-state index contributed by atoms with van der Waals surface area (Å²) >= 11 is 4.95. The van der Waals surface area contributed by atoms with Gasteiger partial charge in [-0.3, -0.25) is 4.79 Å². The van der Waals surface area contributed by atoms with E-state index in [9.17, 15) is 9.59 Å². The maximum atomic E-state index is 12.3. The van der Waals surface area contributed by atoms with Gasteiger partial charge < -0.3 is 15.2 Å². The third kappa shape index (κ3) is 9.49. The van der Waals surface area contributed by atoms with E-state index in [-0.39, 0.29) is 30.5 Å². The zero-order valence-electron chi connectivity index (χ0n) is 18.5. The largest absolute Gasteiger partial charge is 0.462 e. The molecule has 0 spiro atoms. The molecular weight excluding hydrogens is 480 g/mol. The first-order chi connectivity index (χ1) is 14.6. The van der Waals surface area contributed by atoms with Gasteiger partial charge in [0.25, 0.3) is 0 Å². The van der Waals surface area contributed by atoms with Crippen molar-refractivity contribution in [1.29, 1.82) is 0 Å². The molecule has 0 saturated carbocycles. The van der Waals surface area contributed by atoms with Crippen molar-refractivity contribution >= 4 is 39.2 Å². The molecular formula is C23H31BrN2O4S. The highest BCUT2D eigenvalue weighted by atomic mass is 79.9. The van der Waals surface area contributed by atoms with E-state index < -0.39 is 12.1 Å². The number of ether oxygens (including phenoxy) is 2. The number of cyclic esters (lactones) is 2. The molecule has 6 nitrogen and oxygen atoms in total. The normalized spacial score (nSPS) is 27.4. The quantitative estimate of drug-likeness (QED) is 0.537. The third-order valence-electron chi connectivity index (χ3n) is 4.77. The molecule has 0 aliphatic carbocycles. The van der Waals surface area contributed by atoms with Gasteiger partial charge in [0.1, 0.15) is 12.2 Å². The van der Waals surface area contributed by atoms with Gasteiger partial charge in [0.15, 0.2) is 0 Å². The number of carbonyl (C=O) groups excluding carboxylic acids is 2. The Bertz CT molecular complexity index is 858. The van der Waals surface area contributed by atoms with Crippen molar-refractivity contribution in [1.82, 2.24) is 4.98 Å². The number of nitrogens with zero attached hydrogens (tertiary/aromatic N) is 1. The van der Waals surface area contributed by atoms with Crippen molar-refractivity contribution in [2.24, 2.45) is 5.73 Å². The predicted octanol–water partition coefficient (Wildman–Crippen LogP) is 4.95. The van der Waals surface area contributed by atoms with E-state index in [0.717, 1.165) is 20.8 Å². The Hall–Kier alpha value is -1.77. The average molecular weight is 511 g/mol. The van der Waals surface area contributed by atoms with E-state index in [1.54, 1.807) is 6.08 Å². The van der Waals surface area contributed by atoms with Crippen molar-refractivity contribution in [3.8, 4) is 0 Å². The number of hydrogen-bond acceptors (Lipinski definition) is 7. The number of fused-ring (bicyclic) bond motifs is 2. The number of esters is 2. The van der Waals surface area contributed by atoms with Gasteiger partial charge in [-0.2, -0.15) is 0 Å². The minimum absolute atomic E-state index is 0.106. The number of aromatic nitrogens is 1. The summed E-state index contributed by atoms with van der Waals surface area (Å²) in [5, 5.41) is 2.88. The Morgan fingerprint density at radius 3 is 2.71 bits per heavy atom. The second-order valence-electron chi connectivity index (χ2n) is 8.08. The van der Waals surface area contributed by atoms with Crippen LogP contribution in [0.3, 0.4) is 0 Å². The lowest BCUT2D eigenvalue weighted by atomic mass is 9.98. The first-order valence-electron chi connectivity index (χ1n) is 10.4. The summed E-state index contributed by atoms with van der Waals surface area (Å²) in [4.78, 5) is 29.2. The molecule has 0 fully saturated rings. The van der Waals surface area contributed by atoms with E-state index in [4.69, 9.17) is 20.2 Å². The van der Waals surface area contributed by atoms with Gasteiger partial charge in [-0.25, -0.2) is 9.78 Å². The van der Waals surface area contributed by atoms with Crippen molar-refractivity contribution < 1.29 is 19.1 Å². The molecule has 8 heteroatoms. The first-order valence-corrected chi connectivity index (χ1v) is 12.1. The van der Waals surface area contributed by atoms with Crippen LogP contribution in [0, 0.1) is 0 Å². The molecule has 0 unspecified atom stereocenters. The van der Waals surface area contributed by atoms with Crippen LogP contribution in [0.15, 0.2) is 39.7 Å². The fraction of sp³-hybridized carbons (Fsp3) is 0.522. The molecule has 1 aliphatic heterocycles. The van der Waals surface area contributed by atoms with Gasteiger partial charge in [0.2, 0.25) is 0 Å². The molecule has 2 N–H and O–H groups in total. The van der Waals surface area contributed by atoms with Crippen LogP contribution >= 0.6 is 27.3 Å². The highest BCUT2D eigenvalue weighted by Gasteiger charge is 2.20. The monoisotopic (exact) mass is 510 g/mol. The number of thiazole rings is 1. The molecule has 170 valence electrons. The Morgan fingerprint density at radius 2 is 2.00 bits per heavy atom. The zero-order chi connectivity index (χ0) is 23.0. The van der Waals surface area contributed by atoms with Crippen LogP contribution in [0.1, 0.15) is 63.6 Å². The second kappa shape index (κ2) is 12.3. The van der Waals surface area contributed by atoms with Gasteiger partial charge in [0.05, 0.1) is 17.1 Å². The van der Waals surface area contributed by atoms with Crippen LogP contribution in [0.2, 0.25) is 0 Å². The fourth-order valence-corrected chi connectivity index (χ4v) is 4.65. The summed E-state index contributed by atoms with van der Waals surface area (Å²) < 4.78 is 12.0. The smallest absolute Gasteiger partial charge is 0.331 e. The maximum Gasteiger partial charge on any atom is 0.331 e.